The van der Waals surface area contributed by atoms with E-state index in [1.54, 1.807) is 48.6 Å². The van der Waals surface area contributed by atoms with E-state index < -0.39 is 0 Å². The third kappa shape index (κ3) is 10.3. The summed E-state index contributed by atoms with van der Waals surface area (Å²) in [7, 11) is 0. The van der Waals surface area contributed by atoms with Gasteiger partial charge in [0.15, 0.2) is 0 Å². The van der Waals surface area contributed by atoms with E-state index in [0.29, 0.717) is 44.3 Å². The summed E-state index contributed by atoms with van der Waals surface area (Å²) in [5, 5.41) is 7.86. The highest BCUT2D eigenvalue weighted by Crippen LogP contribution is 2.26. The number of rotatable bonds is 12. The molecule has 1 heterocycles. The molecule has 2 aromatic rings. The molecule has 1 aliphatic rings. The Morgan fingerprint density at radius 1 is 0.658 bits per heavy atom. The number of amides is 2. The molecule has 0 radical (unpaired) electrons. The molecule has 0 bridgehead atoms. The molecule has 0 aromatic heterocycles. The van der Waals surface area contributed by atoms with E-state index in [4.69, 9.17) is 46.4 Å². The highest BCUT2D eigenvalue weighted by atomic mass is 35.5. The normalized spacial score (nSPS) is 14.8. The Morgan fingerprint density at radius 3 is 1.34 bits per heavy atom. The molecule has 2 N–H and O–H groups in total. The molecular formula is C28H32Cl4N4O2. The number of benzene rings is 2. The van der Waals surface area contributed by atoms with Crippen LogP contribution < -0.4 is 10.6 Å². The van der Waals surface area contributed by atoms with Crippen molar-refractivity contribution in [2.45, 2.75) is 12.8 Å². The van der Waals surface area contributed by atoms with E-state index in [1.165, 1.54) is 12.2 Å². The first-order chi connectivity index (χ1) is 18.3. The molecule has 0 saturated carbocycles. The number of hydrogen-bond acceptors (Lipinski definition) is 4. The Kier molecular flexibility index (Phi) is 12.9. The summed E-state index contributed by atoms with van der Waals surface area (Å²) in [5.41, 5.74) is 1.28. The van der Waals surface area contributed by atoms with Crippen LogP contribution in [0.15, 0.2) is 48.6 Å². The van der Waals surface area contributed by atoms with E-state index in [0.717, 1.165) is 52.1 Å². The predicted octanol–water partition coefficient (Wildman–Crippen LogP) is 5.66. The summed E-state index contributed by atoms with van der Waals surface area (Å²) in [6, 6.07) is 10.5. The van der Waals surface area contributed by atoms with Gasteiger partial charge in [0.2, 0.25) is 11.8 Å². The van der Waals surface area contributed by atoms with Crippen molar-refractivity contribution in [1.82, 2.24) is 20.4 Å². The molecule has 204 valence electrons. The third-order valence-electron chi connectivity index (χ3n) is 6.17. The first kappa shape index (κ1) is 30.5. The van der Waals surface area contributed by atoms with Crippen molar-refractivity contribution in [3.63, 3.8) is 0 Å². The van der Waals surface area contributed by atoms with Gasteiger partial charge in [-0.15, -0.1) is 0 Å². The van der Waals surface area contributed by atoms with Gasteiger partial charge in [0, 0.05) is 82.6 Å². The Bertz CT molecular complexity index is 1020. The number of nitrogens with zero attached hydrogens (tertiary/aromatic N) is 2. The minimum Gasteiger partial charge on any atom is -0.353 e. The Morgan fingerprint density at radius 2 is 1.00 bits per heavy atom. The van der Waals surface area contributed by atoms with Crippen LogP contribution in [0.4, 0.5) is 0 Å². The number of halogens is 4. The molecule has 0 unspecified atom stereocenters. The van der Waals surface area contributed by atoms with Crippen LogP contribution >= 0.6 is 46.4 Å². The lowest BCUT2D eigenvalue weighted by molar-refractivity contribution is -0.117. The van der Waals surface area contributed by atoms with E-state index >= 15 is 0 Å². The zero-order chi connectivity index (χ0) is 27.3. The molecule has 1 aliphatic heterocycles. The molecule has 2 aromatic carbocycles. The number of carbonyl (C=O) groups excluding carboxylic acids is 2. The second-order valence-corrected chi connectivity index (χ2v) is 10.5. The molecule has 1 saturated heterocycles. The van der Waals surface area contributed by atoms with Crippen LogP contribution in [0, 0.1) is 0 Å². The predicted molar refractivity (Wildman–Crippen MR) is 159 cm³/mol. The van der Waals surface area contributed by atoms with Crippen molar-refractivity contribution >= 4 is 70.4 Å². The quantitative estimate of drug-likeness (QED) is 0.245. The molecule has 0 aliphatic carbocycles. The first-order valence-electron chi connectivity index (χ1n) is 12.6. The number of piperazine rings is 1. The minimum atomic E-state index is -0.166. The molecule has 1 fully saturated rings. The molecule has 38 heavy (non-hydrogen) atoms. The van der Waals surface area contributed by atoms with Crippen LogP contribution in [0.2, 0.25) is 20.1 Å². The largest absolute Gasteiger partial charge is 0.353 e. The van der Waals surface area contributed by atoms with E-state index in [1.807, 2.05) is 0 Å². The zero-order valence-electron chi connectivity index (χ0n) is 21.1. The lowest BCUT2D eigenvalue weighted by atomic mass is 10.2. The Labute approximate surface area is 244 Å². The van der Waals surface area contributed by atoms with Crippen LogP contribution in [-0.4, -0.2) is 74.0 Å². The number of carbonyl (C=O) groups is 2. The average Bonchev–Trinajstić information content (AvgIpc) is 2.89. The van der Waals surface area contributed by atoms with Crippen molar-refractivity contribution in [3.05, 3.63) is 79.8 Å². The van der Waals surface area contributed by atoms with Crippen molar-refractivity contribution in [2.75, 3.05) is 52.4 Å². The molecule has 6 nitrogen and oxygen atoms in total. The molecule has 10 heteroatoms. The van der Waals surface area contributed by atoms with Gasteiger partial charge < -0.3 is 20.4 Å². The van der Waals surface area contributed by atoms with Crippen molar-refractivity contribution in [1.29, 1.82) is 0 Å². The van der Waals surface area contributed by atoms with Gasteiger partial charge in [-0.05, 0) is 62.3 Å². The Hall–Kier alpha value is -2.06. The maximum absolute atomic E-state index is 12.1. The fourth-order valence-electron chi connectivity index (χ4n) is 4.04. The second kappa shape index (κ2) is 16.1. The van der Waals surface area contributed by atoms with Crippen LogP contribution in [0.3, 0.4) is 0 Å². The minimum absolute atomic E-state index is 0.166. The van der Waals surface area contributed by atoms with Gasteiger partial charge >= 0.3 is 0 Å². The van der Waals surface area contributed by atoms with Gasteiger partial charge in [0.05, 0.1) is 0 Å². The summed E-state index contributed by atoms with van der Waals surface area (Å²) in [4.78, 5) is 29.0. The van der Waals surface area contributed by atoms with Gasteiger partial charge in [-0.25, -0.2) is 0 Å². The van der Waals surface area contributed by atoms with Crippen LogP contribution in [-0.2, 0) is 9.59 Å². The first-order valence-corrected chi connectivity index (χ1v) is 14.1. The van der Waals surface area contributed by atoms with E-state index in [9.17, 15) is 9.59 Å². The monoisotopic (exact) mass is 596 g/mol. The van der Waals surface area contributed by atoms with Crippen molar-refractivity contribution in [3.8, 4) is 0 Å². The standard InChI is InChI=1S/C28H32Cl4N4O2/c29-23-5-1-6-24(30)21(23)9-11-27(37)33-13-3-15-35-17-19-36(20-18-35)16-4-14-34-28(38)12-10-22-25(31)7-2-8-26(22)32/h1-2,5-12H,3-4,13-20H2,(H,33,37)(H,34,38). The van der Waals surface area contributed by atoms with Gasteiger partial charge in [-0.2, -0.15) is 0 Å². The zero-order valence-corrected chi connectivity index (χ0v) is 24.1. The smallest absolute Gasteiger partial charge is 0.244 e. The number of nitrogens with one attached hydrogen (secondary N) is 2. The van der Waals surface area contributed by atoms with Gasteiger partial charge in [-0.1, -0.05) is 58.5 Å². The molecule has 3 rings (SSSR count). The van der Waals surface area contributed by atoms with Gasteiger partial charge in [0.1, 0.15) is 0 Å². The molecule has 0 spiro atoms. The Balaban J connectivity index is 1.23. The topological polar surface area (TPSA) is 64.7 Å². The molecule has 2 amide bonds. The number of hydrogen-bond donors (Lipinski definition) is 2. The second-order valence-electron chi connectivity index (χ2n) is 8.91. The average molecular weight is 598 g/mol. The van der Waals surface area contributed by atoms with Crippen LogP contribution in [0.1, 0.15) is 24.0 Å². The van der Waals surface area contributed by atoms with Gasteiger partial charge in [-0.3, -0.25) is 9.59 Å². The fraction of sp³-hybridized carbons (Fsp3) is 0.357. The summed E-state index contributed by atoms with van der Waals surface area (Å²) in [5.74, 6) is -0.331. The lowest BCUT2D eigenvalue weighted by Gasteiger charge is -2.34. The summed E-state index contributed by atoms with van der Waals surface area (Å²) < 4.78 is 0. The fourth-order valence-corrected chi connectivity index (χ4v) is 5.09. The van der Waals surface area contributed by atoms with Crippen LogP contribution in [0.5, 0.6) is 0 Å². The van der Waals surface area contributed by atoms with E-state index in [-0.39, 0.29) is 11.8 Å². The van der Waals surface area contributed by atoms with Crippen molar-refractivity contribution < 1.29 is 9.59 Å². The molecular weight excluding hydrogens is 566 g/mol. The van der Waals surface area contributed by atoms with E-state index in [2.05, 4.69) is 20.4 Å². The summed E-state index contributed by atoms with van der Waals surface area (Å²) in [6.45, 7) is 7.06. The third-order valence-corrected chi connectivity index (χ3v) is 7.49. The van der Waals surface area contributed by atoms with Crippen LogP contribution in [0.25, 0.3) is 12.2 Å². The highest BCUT2D eigenvalue weighted by molar-refractivity contribution is 6.37. The maximum atomic E-state index is 12.1. The van der Waals surface area contributed by atoms with Crippen molar-refractivity contribution in [2.24, 2.45) is 0 Å². The molecule has 0 atom stereocenters. The SMILES string of the molecule is O=C(C=Cc1c(Cl)cccc1Cl)NCCCN1CCN(CCCNC(=O)C=Cc2c(Cl)cccc2Cl)CC1. The highest BCUT2D eigenvalue weighted by Gasteiger charge is 2.16. The summed E-state index contributed by atoms with van der Waals surface area (Å²) in [6.07, 6.45) is 7.95. The summed E-state index contributed by atoms with van der Waals surface area (Å²) >= 11 is 24.5. The maximum Gasteiger partial charge on any atom is 0.244 e. The lowest BCUT2D eigenvalue weighted by Crippen LogP contribution is -2.47. The van der Waals surface area contributed by atoms with Gasteiger partial charge in [0.25, 0.3) is 0 Å².